The second-order valence-corrected chi connectivity index (χ2v) is 5.08. The molecule has 2 aromatic rings. The molecule has 0 radical (unpaired) electrons. The van der Waals surface area contributed by atoms with E-state index < -0.39 is 11.7 Å². The van der Waals surface area contributed by atoms with Crippen LogP contribution in [0.5, 0.6) is 5.75 Å². The lowest BCUT2D eigenvalue weighted by Crippen LogP contribution is -2.34. The monoisotopic (exact) mass is 330 g/mol. The number of primary amides is 1. The van der Waals surface area contributed by atoms with Gasteiger partial charge in [-0.15, -0.1) is 0 Å². The number of anilines is 1. The van der Waals surface area contributed by atoms with E-state index in [1.54, 1.807) is 24.3 Å². The zero-order chi connectivity index (χ0) is 17.5. The lowest BCUT2D eigenvalue weighted by atomic mass is 10.1. The molecule has 2 aromatic carbocycles. The molecule has 0 spiro atoms. The molecule has 0 aliphatic carbocycles. The van der Waals surface area contributed by atoms with E-state index in [2.05, 4.69) is 0 Å². The third kappa shape index (κ3) is 4.32. The van der Waals surface area contributed by atoms with Crippen molar-refractivity contribution in [3.8, 4) is 5.75 Å². The van der Waals surface area contributed by atoms with E-state index in [1.807, 2.05) is 6.92 Å². The van der Waals surface area contributed by atoms with E-state index in [1.165, 1.54) is 29.2 Å². The number of hydrogen-bond donors (Lipinski definition) is 1. The quantitative estimate of drug-likeness (QED) is 0.848. The summed E-state index contributed by atoms with van der Waals surface area (Å²) in [5.41, 5.74) is 6.05. The lowest BCUT2D eigenvalue weighted by molar-refractivity contribution is -0.117. The van der Waals surface area contributed by atoms with Gasteiger partial charge in [0.15, 0.2) is 0 Å². The van der Waals surface area contributed by atoms with Crippen LogP contribution in [0.15, 0.2) is 48.5 Å². The Labute approximate surface area is 139 Å². The van der Waals surface area contributed by atoms with Crippen LogP contribution in [-0.4, -0.2) is 25.0 Å². The predicted octanol–water partition coefficient (Wildman–Crippen LogP) is 2.75. The summed E-state index contributed by atoms with van der Waals surface area (Å²) in [4.78, 5) is 25.4. The van der Waals surface area contributed by atoms with Crippen molar-refractivity contribution in [2.45, 2.75) is 13.3 Å². The van der Waals surface area contributed by atoms with Gasteiger partial charge in [0.25, 0.3) is 5.91 Å². The highest BCUT2D eigenvalue weighted by molar-refractivity contribution is 6.08. The molecule has 2 rings (SSSR count). The molecule has 2 amide bonds. The first-order chi connectivity index (χ1) is 11.5. The lowest BCUT2D eigenvalue weighted by Gasteiger charge is -2.23. The van der Waals surface area contributed by atoms with Crippen LogP contribution < -0.4 is 15.4 Å². The maximum Gasteiger partial charge on any atom is 0.262 e. The Kier molecular flexibility index (Phi) is 5.89. The molecule has 0 saturated heterocycles. The topological polar surface area (TPSA) is 72.6 Å². The molecule has 24 heavy (non-hydrogen) atoms. The fourth-order valence-corrected chi connectivity index (χ4v) is 2.26. The SMILES string of the molecule is CCOc1ccccc1C(=O)N(CCC(N)=O)c1ccc(F)cc1. The average molecular weight is 330 g/mol. The van der Waals surface area contributed by atoms with Crippen molar-refractivity contribution in [2.75, 3.05) is 18.1 Å². The summed E-state index contributed by atoms with van der Waals surface area (Å²) in [6, 6.07) is 12.3. The van der Waals surface area contributed by atoms with Gasteiger partial charge in [-0.3, -0.25) is 9.59 Å². The number of nitrogens with two attached hydrogens (primary N) is 1. The van der Waals surface area contributed by atoms with Crippen LogP contribution in [0.3, 0.4) is 0 Å². The first-order valence-electron chi connectivity index (χ1n) is 7.60. The summed E-state index contributed by atoms with van der Waals surface area (Å²) in [5.74, 6) is -0.813. The molecule has 0 aromatic heterocycles. The van der Waals surface area contributed by atoms with Crippen molar-refractivity contribution >= 4 is 17.5 Å². The summed E-state index contributed by atoms with van der Waals surface area (Å²) >= 11 is 0. The summed E-state index contributed by atoms with van der Waals surface area (Å²) < 4.78 is 18.6. The third-order valence-electron chi connectivity index (χ3n) is 3.38. The first kappa shape index (κ1) is 17.5. The Morgan fingerprint density at radius 3 is 2.42 bits per heavy atom. The molecule has 6 heteroatoms. The number of carbonyl (C=O) groups excluding carboxylic acids is 2. The zero-order valence-electron chi connectivity index (χ0n) is 13.4. The van der Waals surface area contributed by atoms with Gasteiger partial charge in [0.2, 0.25) is 5.91 Å². The van der Waals surface area contributed by atoms with Crippen LogP contribution in [0, 0.1) is 5.82 Å². The van der Waals surface area contributed by atoms with Gasteiger partial charge in [-0.25, -0.2) is 4.39 Å². The van der Waals surface area contributed by atoms with E-state index >= 15 is 0 Å². The van der Waals surface area contributed by atoms with Gasteiger partial charge in [0.05, 0.1) is 12.2 Å². The molecule has 2 N–H and O–H groups in total. The number of rotatable bonds is 7. The summed E-state index contributed by atoms with van der Waals surface area (Å²) in [6.07, 6.45) is -0.0000811. The Balaban J connectivity index is 2.37. The van der Waals surface area contributed by atoms with Crippen LogP contribution in [-0.2, 0) is 4.79 Å². The summed E-state index contributed by atoms with van der Waals surface area (Å²) in [7, 11) is 0. The van der Waals surface area contributed by atoms with E-state index in [-0.39, 0.29) is 18.9 Å². The number of halogens is 1. The maximum atomic E-state index is 13.2. The van der Waals surface area contributed by atoms with Gasteiger partial charge < -0.3 is 15.4 Å². The van der Waals surface area contributed by atoms with Crippen molar-refractivity contribution in [2.24, 2.45) is 5.73 Å². The van der Waals surface area contributed by atoms with Crippen molar-refractivity contribution in [3.05, 3.63) is 59.9 Å². The second-order valence-electron chi connectivity index (χ2n) is 5.08. The minimum Gasteiger partial charge on any atom is -0.493 e. The van der Waals surface area contributed by atoms with Crippen molar-refractivity contribution in [1.82, 2.24) is 0 Å². The Morgan fingerprint density at radius 2 is 1.79 bits per heavy atom. The van der Waals surface area contributed by atoms with Crippen molar-refractivity contribution < 1.29 is 18.7 Å². The Morgan fingerprint density at radius 1 is 1.12 bits per heavy atom. The van der Waals surface area contributed by atoms with Crippen LogP contribution in [0.2, 0.25) is 0 Å². The van der Waals surface area contributed by atoms with Crippen LogP contribution >= 0.6 is 0 Å². The summed E-state index contributed by atoms with van der Waals surface area (Å²) in [6.45, 7) is 2.34. The van der Waals surface area contributed by atoms with E-state index in [4.69, 9.17) is 10.5 Å². The smallest absolute Gasteiger partial charge is 0.262 e. The minimum atomic E-state index is -0.520. The van der Waals surface area contributed by atoms with Crippen LogP contribution in [0.4, 0.5) is 10.1 Å². The highest BCUT2D eigenvalue weighted by Gasteiger charge is 2.21. The number of para-hydroxylation sites is 1. The van der Waals surface area contributed by atoms with Gasteiger partial charge in [0.1, 0.15) is 11.6 Å². The molecule has 0 atom stereocenters. The van der Waals surface area contributed by atoms with E-state index in [0.29, 0.717) is 23.6 Å². The van der Waals surface area contributed by atoms with E-state index in [9.17, 15) is 14.0 Å². The predicted molar refractivity (Wildman–Crippen MR) is 89.5 cm³/mol. The fourth-order valence-electron chi connectivity index (χ4n) is 2.26. The van der Waals surface area contributed by atoms with Gasteiger partial charge in [-0.05, 0) is 43.3 Å². The number of amides is 2. The molecule has 0 aliphatic heterocycles. The molecule has 0 fully saturated rings. The third-order valence-corrected chi connectivity index (χ3v) is 3.38. The van der Waals surface area contributed by atoms with Gasteiger partial charge in [-0.1, -0.05) is 12.1 Å². The number of hydrogen-bond acceptors (Lipinski definition) is 3. The first-order valence-corrected chi connectivity index (χ1v) is 7.60. The highest BCUT2D eigenvalue weighted by Crippen LogP contribution is 2.24. The number of benzene rings is 2. The highest BCUT2D eigenvalue weighted by atomic mass is 19.1. The molecular formula is C18H19FN2O3. The molecule has 5 nitrogen and oxygen atoms in total. The van der Waals surface area contributed by atoms with Crippen molar-refractivity contribution in [3.63, 3.8) is 0 Å². The molecule has 0 aliphatic rings. The fraction of sp³-hybridized carbons (Fsp3) is 0.222. The Bertz CT molecular complexity index is 716. The number of ether oxygens (including phenoxy) is 1. The number of nitrogens with zero attached hydrogens (tertiary/aromatic N) is 1. The molecule has 0 unspecified atom stereocenters. The van der Waals surface area contributed by atoms with Crippen molar-refractivity contribution in [1.29, 1.82) is 0 Å². The van der Waals surface area contributed by atoms with E-state index in [0.717, 1.165) is 0 Å². The maximum absolute atomic E-state index is 13.2. The molecule has 126 valence electrons. The molecule has 0 saturated carbocycles. The minimum absolute atomic E-state index is 0.0000811. The second kappa shape index (κ2) is 8.10. The zero-order valence-corrected chi connectivity index (χ0v) is 13.4. The number of carbonyl (C=O) groups is 2. The Hall–Kier alpha value is -2.89. The molecular weight excluding hydrogens is 311 g/mol. The standard InChI is InChI=1S/C18H19FN2O3/c1-2-24-16-6-4-3-5-15(16)18(23)21(12-11-17(20)22)14-9-7-13(19)8-10-14/h3-10H,2,11-12H2,1H3,(H2,20,22). The molecule has 0 heterocycles. The average Bonchev–Trinajstić information content (AvgIpc) is 2.57. The van der Waals surface area contributed by atoms with Crippen LogP contribution in [0.1, 0.15) is 23.7 Å². The van der Waals surface area contributed by atoms with Gasteiger partial charge in [-0.2, -0.15) is 0 Å². The van der Waals surface area contributed by atoms with Gasteiger partial charge >= 0.3 is 0 Å². The summed E-state index contributed by atoms with van der Waals surface area (Å²) in [5, 5.41) is 0. The van der Waals surface area contributed by atoms with Crippen LogP contribution in [0.25, 0.3) is 0 Å². The largest absolute Gasteiger partial charge is 0.493 e. The normalized spacial score (nSPS) is 10.2. The molecule has 0 bridgehead atoms. The van der Waals surface area contributed by atoms with Gasteiger partial charge in [0, 0.05) is 18.7 Å².